The van der Waals surface area contributed by atoms with Crippen LogP contribution >= 0.6 is 23.4 Å². The first kappa shape index (κ1) is 22.8. The summed E-state index contributed by atoms with van der Waals surface area (Å²) in [5.41, 5.74) is 1.72. The number of halogens is 1. The van der Waals surface area contributed by atoms with Gasteiger partial charge in [-0.3, -0.25) is 4.79 Å². The molecule has 0 saturated carbocycles. The van der Waals surface area contributed by atoms with E-state index < -0.39 is 0 Å². The average molecular weight is 450 g/mol. The lowest BCUT2D eigenvalue weighted by Crippen LogP contribution is -2.46. The zero-order valence-electron chi connectivity index (χ0n) is 17.4. The Hall–Kier alpha value is -1.87. The Morgan fingerprint density at radius 2 is 1.93 bits per heavy atom. The minimum atomic E-state index is -0.0998. The summed E-state index contributed by atoms with van der Waals surface area (Å²) in [5.74, 6) is 1.49. The van der Waals surface area contributed by atoms with Crippen molar-refractivity contribution in [2.75, 3.05) is 57.9 Å². The fraction of sp³-hybridized carbons (Fsp3) is 0.476. The number of anilines is 1. The number of hydrogen-bond donors (Lipinski definition) is 1. The highest BCUT2D eigenvalue weighted by atomic mass is 35.5. The average Bonchev–Trinajstić information content (AvgIpc) is 2.78. The van der Waals surface area contributed by atoms with Gasteiger partial charge in [0.1, 0.15) is 11.0 Å². The number of benzene rings is 1. The number of hydrogen-bond acceptors (Lipinski definition) is 7. The molecule has 0 aliphatic carbocycles. The fourth-order valence-corrected chi connectivity index (χ4v) is 4.21. The SMILES string of the molecule is CCN1CCN(c2cc(Cl)nc(SCc3ccc(C(=O)NCCOC)cc3)n2)CC1. The molecule has 1 aliphatic heterocycles. The van der Waals surface area contributed by atoms with E-state index in [1.54, 1.807) is 18.9 Å². The Balaban J connectivity index is 1.56. The van der Waals surface area contributed by atoms with Gasteiger partial charge in [0.25, 0.3) is 5.91 Å². The number of piperazine rings is 1. The lowest BCUT2D eigenvalue weighted by molar-refractivity contribution is 0.0937. The van der Waals surface area contributed by atoms with Gasteiger partial charge in [0.05, 0.1) is 6.61 Å². The Morgan fingerprint density at radius 1 is 1.20 bits per heavy atom. The van der Waals surface area contributed by atoms with Gasteiger partial charge in [0.2, 0.25) is 0 Å². The third kappa shape index (κ3) is 6.57. The number of nitrogens with one attached hydrogen (secondary N) is 1. The second kappa shape index (κ2) is 11.5. The van der Waals surface area contributed by atoms with Crippen LogP contribution in [0.15, 0.2) is 35.5 Å². The van der Waals surface area contributed by atoms with Gasteiger partial charge in [0, 0.05) is 57.2 Å². The van der Waals surface area contributed by atoms with E-state index in [0.717, 1.165) is 44.1 Å². The summed E-state index contributed by atoms with van der Waals surface area (Å²) < 4.78 is 4.94. The number of ether oxygens (including phenoxy) is 1. The minimum absolute atomic E-state index is 0.0998. The number of thioether (sulfide) groups is 1. The second-order valence-electron chi connectivity index (χ2n) is 6.99. The molecule has 9 heteroatoms. The molecule has 1 amide bonds. The van der Waals surface area contributed by atoms with Crippen molar-refractivity contribution in [1.82, 2.24) is 20.2 Å². The Labute approximate surface area is 187 Å². The van der Waals surface area contributed by atoms with E-state index in [1.165, 1.54) is 0 Å². The molecule has 1 aliphatic rings. The van der Waals surface area contributed by atoms with E-state index in [9.17, 15) is 4.79 Å². The van der Waals surface area contributed by atoms with Crippen LogP contribution in [0.4, 0.5) is 5.82 Å². The molecule has 30 heavy (non-hydrogen) atoms. The van der Waals surface area contributed by atoms with E-state index in [4.69, 9.17) is 21.3 Å². The van der Waals surface area contributed by atoms with Crippen LogP contribution in [0.1, 0.15) is 22.8 Å². The van der Waals surface area contributed by atoms with Crippen LogP contribution in [0.2, 0.25) is 5.15 Å². The van der Waals surface area contributed by atoms with Gasteiger partial charge in [-0.15, -0.1) is 0 Å². The largest absolute Gasteiger partial charge is 0.383 e. The maximum atomic E-state index is 12.1. The van der Waals surface area contributed by atoms with Crippen molar-refractivity contribution in [3.8, 4) is 0 Å². The first-order valence-corrected chi connectivity index (χ1v) is 11.5. The molecule has 1 aromatic heterocycles. The zero-order valence-corrected chi connectivity index (χ0v) is 19.0. The first-order valence-electron chi connectivity index (χ1n) is 10.1. The summed E-state index contributed by atoms with van der Waals surface area (Å²) in [6.45, 7) is 8.21. The van der Waals surface area contributed by atoms with Crippen LogP contribution in [0.5, 0.6) is 0 Å². The highest BCUT2D eigenvalue weighted by molar-refractivity contribution is 7.98. The highest BCUT2D eigenvalue weighted by Gasteiger charge is 2.18. The topological polar surface area (TPSA) is 70.6 Å². The predicted molar refractivity (Wildman–Crippen MR) is 122 cm³/mol. The van der Waals surface area contributed by atoms with E-state index in [1.807, 2.05) is 30.3 Å². The molecule has 1 aromatic carbocycles. The molecule has 3 rings (SSSR count). The molecule has 1 saturated heterocycles. The van der Waals surface area contributed by atoms with Gasteiger partial charge in [-0.05, 0) is 24.2 Å². The van der Waals surface area contributed by atoms with Crippen LogP contribution < -0.4 is 10.2 Å². The molecule has 7 nitrogen and oxygen atoms in total. The summed E-state index contributed by atoms with van der Waals surface area (Å²) >= 11 is 7.80. The standard InChI is InChI=1S/C21H28ClN5O2S/c1-3-26-9-11-27(12-10-26)19-14-18(22)24-21(25-19)30-15-16-4-6-17(7-5-16)20(28)23-8-13-29-2/h4-7,14H,3,8-13,15H2,1-2H3,(H,23,28). The van der Waals surface area contributed by atoms with Crippen molar-refractivity contribution < 1.29 is 9.53 Å². The van der Waals surface area contributed by atoms with Crippen LogP contribution in [-0.4, -0.2) is 73.8 Å². The molecule has 2 heterocycles. The molecule has 0 radical (unpaired) electrons. The summed E-state index contributed by atoms with van der Waals surface area (Å²) in [5, 5.41) is 3.94. The Kier molecular flexibility index (Phi) is 8.74. The number of carbonyl (C=O) groups is 1. The number of amides is 1. The number of nitrogens with zero attached hydrogens (tertiary/aromatic N) is 4. The molecule has 1 fully saturated rings. The monoisotopic (exact) mass is 449 g/mol. The predicted octanol–water partition coefficient (Wildman–Crippen LogP) is 2.94. The van der Waals surface area contributed by atoms with Gasteiger partial charge >= 0.3 is 0 Å². The van der Waals surface area contributed by atoms with Crippen molar-refractivity contribution in [1.29, 1.82) is 0 Å². The number of carbonyl (C=O) groups excluding carboxylic acids is 1. The van der Waals surface area contributed by atoms with Crippen molar-refractivity contribution in [3.63, 3.8) is 0 Å². The lowest BCUT2D eigenvalue weighted by atomic mass is 10.1. The smallest absolute Gasteiger partial charge is 0.251 e. The van der Waals surface area contributed by atoms with Gasteiger partial charge in [-0.2, -0.15) is 0 Å². The maximum absolute atomic E-state index is 12.1. The van der Waals surface area contributed by atoms with Crippen molar-refractivity contribution in [3.05, 3.63) is 46.6 Å². The van der Waals surface area contributed by atoms with Crippen LogP contribution in [0.25, 0.3) is 0 Å². The third-order valence-electron chi connectivity index (χ3n) is 4.98. The van der Waals surface area contributed by atoms with Crippen molar-refractivity contribution in [2.45, 2.75) is 17.8 Å². The highest BCUT2D eigenvalue weighted by Crippen LogP contribution is 2.25. The van der Waals surface area contributed by atoms with Gasteiger partial charge < -0.3 is 19.9 Å². The summed E-state index contributed by atoms with van der Waals surface area (Å²) in [4.78, 5) is 25.8. The molecule has 0 bridgehead atoms. The fourth-order valence-electron chi connectivity index (χ4n) is 3.17. The van der Waals surface area contributed by atoms with Gasteiger partial charge in [-0.25, -0.2) is 9.97 Å². The van der Waals surface area contributed by atoms with Crippen molar-refractivity contribution >= 4 is 35.1 Å². The molecular weight excluding hydrogens is 422 g/mol. The van der Waals surface area contributed by atoms with E-state index in [0.29, 0.717) is 34.8 Å². The number of methoxy groups -OCH3 is 1. The lowest BCUT2D eigenvalue weighted by Gasteiger charge is -2.34. The third-order valence-corrected chi connectivity index (χ3v) is 6.09. The summed E-state index contributed by atoms with van der Waals surface area (Å²) in [7, 11) is 1.61. The van der Waals surface area contributed by atoms with Crippen LogP contribution in [-0.2, 0) is 10.5 Å². The molecule has 0 atom stereocenters. The quantitative estimate of drug-likeness (QED) is 0.273. The second-order valence-corrected chi connectivity index (χ2v) is 8.32. The minimum Gasteiger partial charge on any atom is -0.383 e. The Morgan fingerprint density at radius 3 is 2.60 bits per heavy atom. The number of likely N-dealkylation sites (N-methyl/N-ethyl adjacent to an activating group) is 1. The molecule has 1 N–H and O–H groups in total. The number of rotatable bonds is 9. The van der Waals surface area contributed by atoms with Gasteiger partial charge in [0.15, 0.2) is 5.16 Å². The van der Waals surface area contributed by atoms with E-state index in [2.05, 4.69) is 27.0 Å². The van der Waals surface area contributed by atoms with Crippen LogP contribution in [0, 0.1) is 0 Å². The van der Waals surface area contributed by atoms with Crippen molar-refractivity contribution in [2.24, 2.45) is 0 Å². The maximum Gasteiger partial charge on any atom is 0.251 e. The first-order chi connectivity index (χ1) is 14.6. The van der Waals surface area contributed by atoms with E-state index in [-0.39, 0.29) is 5.91 Å². The zero-order chi connectivity index (χ0) is 21.3. The molecular formula is C21H28ClN5O2S. The molecule has 2 aromatic rings. The molecule has 162 valence electrons. The van der Waals surface area contributed by atoms with Gasteiger partial charge in [-0.1, -0.05) is 42.4 Å². The normalized spacial score (nSPS) is 14.7. The molecule has 0 spiro atoms. The van der Waals surface area contributed by atoms with E-state index >= 15 is 0 Å². The summed E-state index contributed by atoms with van der Waals surface area (Å²) in [6, 6.07) is 9.40. The Bertz CT molecular complexity index is 829. The number of aromatic nitrogens is 2. The van der Waals surface area contributed by atoms with Crippen LogP contribution in [0.3, 0.4) is 0 Å². The summed E-state index contributed by atoms with van der Waals surface area (Å²) in [6.07, 6.45) is 0. The molecule has 0 unspecified atom stereocenters.